The zero-order chi connectivity index (χ0) is 19.6. The van der Waals surface area contributed by atoms with E-state index in [0.29, 0.717) is 11.8 Å². The Labute approximate surface area is 166 Å². The van der Waals surface area contributed by atoms with Gasteiger partial charge in [-0.1, -0.05) is 61.7 Å². The molecule has 1 N–H and O–H groups in total. The van der Waals surface area contributed by atoms with Crippen LogP contribution >= 0.6 is 0 Å². The molecular formula is C25H29F2N. The maximum absolute atomic E-state index is 13.4. The third-order valence-electron chi connectivity index (χ3n) is 6.37. The fourth-order valence-corrected chi connectivity index (χ4v) is 4.75. The summed E-state index contributed by atoms with van der Waals surface area (Å²) in [6.45, 7) is 0.957. The van der Waals surface area contributed by atoms with Gasteiger partial charge in [-0.15, -0.1) is 0 Å². The van der Waals surface area contributed by atoms with Gasteiger partial charge in [0.05, 0.1) is 0 Å². The minimum absolute atomic E-state index is 0.0988. The van der Waals surface area contributed by atoms with Gasteiger partial charge < -0.3 is 4.98 Å². The van der Waals surface area contributed by atoms with E-state index in [2.05, 4.69) is 35.3 Å². The predicted octanol–water partition coefficient (Wildman–Crippen LogP) is 7.58. The molecule has 1 saturated carbocycles. The first kappa shape index (κ1) is 19.2. The molecule has 0 saturated heterocycles. The standard InChI is InChI=1S/C25H29F2N/c1-25(26,27)21-15-12-18(13-16-21)11-14-19-7-3-2-4-9-22(19)24-17-20-8-5-6-10-23(20)28-24/h5-6,8,10,12-13,15-17,19,22,28H,2-4,7,9,11,14H2,1H3. The van der Waals surface area contributed by atoms with E-state index < -0.39 is 5.92 Å². The molecule has 1 fully saturated rings. The molecule has 1 heterocycles. The highest BCUT2D eigenvalue weighted by Gasteiger charge is 2.27. The number of H-pyrrole nitrogens is 1. The Morgan fingerprint density at radius 2 is 1.71 bits per heavy atom. The summed E-state index contributed by atoms with van der Waals surface area (Å²) in [6.07, 6.45) is 8.45. The van der Waals surface area contributed by atoms with Crippen LogP contribution in [-0.4, -0.2) is 4.98 Å². The Kier molecular flexibility index (Phi) is 5.52. The van der Waals surface area contributed by atoms with Crippen molar-refractivity contribution >= 4 is 10.9 Å². The van der Waals surface area contributed by atoms with Gasteiger partial charge in [0.15, 0.2) is 0 Å². The molecule has 1 aliphatic rings. The molecule has 0 aliphatic heterocycles. The average molecular weight is 382 g/mol. The number of aromatic nitrogens is 1. The van der Waals surface area contributed by atoms with E-state index in [9.17, 15) is 8.78 Å². The molecule has 0 radical (unpaired) electrons. The minimum Gasteiger partial charge on any atom is -0.358 e. The molecule has 2 aromatic carbocycles. The van der Waals surface area contributed by atoms with Crippen molar-refractivity contribution in [3.05, 3.63) is 71.4 Å². The van der Waals surface area contributed by atoms with Gasteiger partial charge in [0, 0.05) is 29.6 Å². The maximum Gasteiger partial charge on any atom is 0.270 e. The zero-order valence-electron chi connectivity index (χ0n) is 16.6. The molecule has 4 rings (SSSR count). The molecule has 1 nitrogen and oxygen atoms in total. The molecule has 28 heavy (non-hydrogen) atoms. The van der Waals surface area contributed by atoms with Crippen molar-refractivity contribution in [1.29, 1.82) is 0 Å². The van der Waals surface area contributed by atoms with Crippen molar-refractivity contribution in [3.63, 3.8) is 0 Å². The normalized spacial score (nSPS) is 21.0. The van der Waals surface area contributed by atoms with Crippen molar-refractivity contribution in [2.45, 2.75) is 63.7 Å². The van der Waals surface area contributed by atoms with Crippen LogP contribution in [0.5, 0.6) is 0 Å². The van der Waals surface area contributed by atoms with Crippen LogP contribution in [0, 0.1) is 5.92 Å². The highest BCUT2D eigenvalue weighted by Crippen LogP contribution is 2.39. The van der Waals surface area contributed by atoms with Crippen molar-refractivity contribution < 1.29 is 8.78 Å². The smallest absolute Gasteiger partial charge is 0.270 e. The second-order valence-corrected chi connectivity index (χ2v) is 8.44. The number of alkyl halides is 2. The molecule has 0 amide bonds. The number of halogens is 2. The van der Waals surface area contributed by atoms with E-state index >= 15 is 0 Å². The largest absolute Gasteiger partial charge is 0.358 e. The lowest BCUT2D eigenvalue weighted by molar-refractivity contribution is 0.0174. The van der Waals surface area contributed by atoms with Crippen molar-refractivity contribution in [3.8, 4) is 0 Å². The van der Waals surface area contributed by atoms with E-state index in [1.165, 1.54) is 48.7 Å². The number of rotatable bonds is 5. The van der Waals surface area contributed by atoms with E-state index in [1.54, 1.807) is 12.1 Å². The van der Waals surface area contributed by atoms with Crippen LogP contribution in [-0.2, 0) is 12.3 Å². The van der Waals surface area contributed by atoms with E-state index in [0.717, 1.165) is 25.3 Å². The first-order valence-electron chi connectivity index (χ1n) is 10.6. The number of hydrogen-bond donors (Lipinski definition) is 1. The topological polar surface area (TPSA) is 15.8 Å². The highest BCUT2D eigenvalue weighted by molar-refractivity contribution is 5.80. The Bertz CT molecular complexity index is 871. The summed E-state index contributed by atoms with van der Waals surface area (Å²) in [6, 6.07) is 17.7. The maximum atomic E-state index is 13.4. The van der Waals surface area contributed by atoms with Crippen LogP contribution < -0.4 is 0 Å². The zero-order valence-corrected chi connectivity index (χ0v) is 16.6. The number of aromatic amines is 1. The molecule has 1 aliphatic carbocycles. The molecule has 148 valence electrons. The summed E-state index contributed by atoms with van der Waals surface area (Å²) in [5.41, 5.74) is 3.85. The summed E-state index contributed by atoms with van der Waals surface area (Å²) in [5.74, 6) is -1.56. The van der Waals surface area contributed by atoms with Crippen LogP contribution in [0.2, 0.25) is 0 Å². The number of fused-ring (bicyclic) bond motifs is 1. The van der Waals surface area contributed by atoms with Crippen molar-refractivity contribution in [2.24, 2.45) is 5.92 Å². The van der Waals surface area contributed by atoms with E-state index in [4.69, 9.17) is 0 Å². The third kappa shape index (κ3) is 4.29. The highest BCUT2D eigenvalue weighted by atomic mass is 19.3. The molecule has 3 heteroatoms. The molecular weight excluding hydrogens is 352 g/mol. The summed E-state index contributed by atoms with van der Waals surface area (Å²) >= 11 is 0. The van der Waals surface area contributed by atoms with Crippen LogP contribution in [0.25, 0.3) is 10.9 Å². The fourth-order valence-electron chi connectivity index (χ4n) is 4.75. The Balaban J connectivity index is 1.49. The van der Waals surface area contributed by atoms with Gasteiger partial charge in [0.1, 0.15) is 0 Å². The summed E-state index contributed by atoms with van der Waals surface area (Å²) in [5, 5.41) is 1.29. The molecule has 3 aromatic rings. The molecule has 1 aromatic heterocycles. The lowest BCUT2D eigenvalue weighted by Gasteiger charge is -2.24. The molecule has 2 unspecified atom stereocenters. The SMILES string of the molecule is CC(F)(F)c1ccc(CCC2CCCCCC2c2cc3ccccc3[nH]2)cc1. The van der Waals surface area contributed by atoms with Gasteiger partial charge in [-0.25, -0.2) is 8.78 Å². The Morgan fingerprint density at radius 1 is 0.964 bits per heavy atom. The molecule has 2 atom stereocenters. The van der Waals surface area contributed by atoms with Crippen LogP contribution in [0.1, 0.15) is 68.2 Å². The van der Waals surface area contributed by atoms with Gasteiger partial charge in [0.25, 0.3) is 5.92 Å². The monoisotopic (exact) mass is 381 g/mol. The van der Waals surface area contributed by atoms with Gasteiger partial charge in [-0.3, -0.25) is 0 Å². The van der Waals surface area contributed by atoms with Crippen LogP contribution in [0.4, 0.5) is 8.78 Å². The van der Waals surface area contributed by atoms with Crippen LogP contribution in [0.3, 0.4) is 0 Å². The lowest BCUT2D eigenvalue weighted by atomic mass is 9.81. The summed E-state index contributed by atoms with van der Waals surface area (Å²) in [4.78, 5) is 3.66. The number of para-hydroxylation sites is 1. The molecule has 0 bridgehead atoms. The fraction of sp³-hybridized carbons (Fsp3) is 0.440. The lowest BCUT2D eigenvalue weighted by Crippen LogP contribution is -2.13. The molecule has 0 spiro atoms. The quantitative estimate of drug-likeness (QED) is 0.439. The minimum atomic E-state index is -2.76. The van der Waals surface area contributed by atoms with Crippen molar-refractivity contribution in [1.82, 2.24) is 4.98 Å². The second-order valence-electron chi connectivity index (χ2n) is 8.44. The average Bonchev–Trinajstić information content (AvgIpc) is 2.97. The van der Waals surface area contributed by atoms with Gasteiger partial charge in [-0.05, 0) is 54.7 Å². The third-order valence-corrected chi connectivity index (χ3v) is 6.37. The van der Waals surface area contributed by atoms with E-state index in [1.807, 2.05) is 12.1 Å². The first-order valence-corrected chi connectivity index (χ1v) is 10.6. The Morgan fingerprint density at radius 3 is 2.46 bits per heavy atom. The van der Waals surface area contributed by atoms with Crippen molar-refractivity contribution in [2.75, 3.05) is 0 Å². The Hall–Kier alpha value is -2.16. The van der Waals surface area contributed by atoms with Crippen LogP contribution in [0.15, 0.2) is 54.6 Å². The summed E-state index contributed by atoms with van der Waals surface area (Å²) in [7, 11) is 0. The number of hydrogen-bond acceptors (Lipinski definition) is 0. The number of benzene rings is 2. The van der Waals surface area contributed by atoms with E-state index in [-0.39, 0.29) is 5.56 Å². The predicted molar refractivity (Wildman–Crippen MR) is 112 cm³/mol. The number of aryl methyl sites for hydroxylation is 1. The number of nitrogens with one attached hydrogen (secondary N) is 1. The van der Waals surface area contributed by atoms with Gasteiger partial charge >= 0.3 is 0 Å². The second kappa shape index (κ2) is 8.06. The summed E-state index contributed by atoms with van der Waals surface area (Å²) < 4.78 is 26.9. The van der Waals surface area contributed by atoms with Gasteiger partial charge in [0.2, 0.25) is 0 Å². The van der Waals surface area contributed by atoms with Gasteiger partial charge in [-0.2, -0.15) is 0 Å². The first-order chi connectivity index (χ1) is 13.5.